The van der Waals surface area contributed by atoms with Crippen molar-refractivity contribution in [3.05, 3.63) is 88.7 Å². The summed E-state index contributed by atoms with van der Waals surface area (Å²) in [6, 6.07) is 15.4. The second-order valence-corrected chi connectivity index (χ2v) is 12.8. The van der Waals surface area contributed by atoms with E-state index in [0.29, 0.717) is 18.6 Å². The third-order valence-electron chi connectivity index (χ3n) is 8.62. The molecule has 0 amide bonds. The van der Waals surface area contributed by atoms with Gasteiger partial charge in [0, 0.05) is 38.2 Å². The molecule has 2 aliphatic heterocycles. The average molecular weight is 591 g/mol. The molecular weight excluding hydrogens is 556 g/mol. The molecule has 2 fully saturated rings. The zero-order chi connectivity index (χ0) is 29.5. The molecule has 41 heavy (non-hydrogen) atoms. The van der Waals surface area contributed by atoms with Crippen LogP contribution in [0, 0.1) is 19.7 Å². The Bertz CT molecular complexity index is 1510. The van der Waals surface area contributed by atoms with Crippen molar-refractivity contribution in [2.75, 3.05) is 33.4 Å². The van der Waals surface area contributed by atoms with Crippen LogP contribution in [-0.2, 0) is 20.9 Å². The molecule has 3 aromatic carbocycles. The molecule has 3 aromatic rings. The molecule has 5 nitrogen and oxygen atoms in total. The van der Waals surface area contributed by atoms with Gasteiger partial charge in [0.2, 0.25) is 10.0 Å². The topological polar surface area (TPSA) is 49.9 Å². The molecule has 2 heterocycles. The average Bonchev–Trinajstić information content (AvgIpc) is 2.92. The first-order valence-corrected chi connectivity index (χ1v) is 15.2. The quantitative estimate of drug-likeness (QED) is 0.312. The maximum Gasteiger partial charge on any atom is 0.417 e. The lowest BCUT2D eigenvalue weighted by Crippen LogP contribution is -2.68. The highest BCUT2D eigenvalue weighted by Gasteiger charge is 2.51. The van der Waals surface area contributed by atoms with Gasteiger partial charge >= 0.3 is 6.18 Å². The second kappa shape index (κ2) is 11.5. The van der Waals surface area contributed by atoms with Gasteiger partial charge in [0.25, 0.3) is 0 Å². The molecule has 0 saturated carbocycles. The number of nitrogens with zero attached hydrogens (tertiary/aromatic N) is 2. The molecule has 10 heteroatoms. The zero-order valence-corrected chi connectivity index (χ0v) is 24.1. The fourth-order valence-corrected chi connectivity index (χ4v) is 8.04. The Labute approximate surface area is 238 Å². The number of alkyl halides is 3. The van der Waals surface area contributed by atoms with Crippen molar-refractivity contribution in [2.45, 2.75) is 55.8 Å². The van der Waals surface area contributed by atoms with Gasteiger partial charge < -0.3 is 4.74 Å². The molecule has 0 aromatic heterocycles. The Morgan fingerprint density at radius 1 is 0.927 bits per heavy atom. The monoisotopic (exact) mass is 590 g/mol. The summed E-state index contributed by atoms with van der Waals surface area (Å²) >= 11 is 0. The van der Waals surface area contributed by atoms with E-state index in [1.54, 1.807) is 20.1 Å². The first kappa shape index (κ1) is 29.7. The maximum atomic E-state index is 14.0. The number of rotatable bonds is 6. The lowest BCUT2D eigenvalue weighted by molar-refractivity contribution is -0.139. The molecule has 0 aliphatic carbocycles. The van der Waals surface area contributed by atoms with Crippen molar-refractivity contribution in [3.63, 3.8) is 0 Å². The highest BCUT2D eigenvalue weighted by Crippen LogP contribution is 2.44. The number of hydrogen-bond donors (Lipinski definition) is 0. The predicted molar refractivity (Wildman–Crippen MR) is 150 cm³/mol. The summed E-state index contributed by atoms with van der Waals surface area (Å²) < 4.78 is 89.4. The number of fused-ring (bicyclic) bond motifs is 1. The van der Waals surface area contributed by atoms with Crippen LogP contribution in [0.25, 0.3) is 11.1 Å². The summed E-state index contributed by atoms with van der Waals surface area (Å²) in [6.07, 6.45) is -3.52. The minimum absolute atomic E-state index is 0.00997. The zero-order valence-electron chi connectivity index (χ0n) is 23.3. The molecule has 2 saturated heterocycles. The number of halogens is 4. The highest BCUT2D eigenvalue weighted by molar-refractivity contribution is 7.89. The van der Waals surface area contributed by atoms with Crippen LogP contribution in [0.2, 0.25) is 0 Å². The summed E-state index contributed by atoms with van der Waals surface area (Å²) in [5.41, 5.74) is 3.20. The fourth-order valence-electron chi connectivity index (χ4n) is 6.33. The lowest BCUT2D eigenvalue weighted by Gasteiger charge is -2.57. The molecule has 5 rings (SSSR count). The Morgan fingerprint density at radius 3 is 2.29 bits per heavy atom. The number of hydrogen-bond acceptors (Lipinski definition) is 4. The Morgan fingerprint density at radius 2 is 1.61 bits per heavy atom. The lowest BCUT2D eigenvalue weighted by atomic mass is 9.74. The summed E-state index contributed by atoms with van der Waals surface area (Å²) in [4.78, 5) is 1.52. The fraction of sp³-hybridized carbons (Fsp3) is 0.419. The molecule has 3 atom stereocenters. The summed E-state index contributed by atoms with van der Waals surface area (Å²) in [5.74, 6) is -0.324. The molecule has 0 spiro atoms. The number of methoxy groups -OCH3 is 1. The molecule has 0 N–H and O–H groups in total. The van der Waals surface area contributed by atoms with Crippen LogP contribution in [0.15, 0.2) is 65.6 Å². The number of sulfonamides is 1. The van der Waals surface area contributed by atoms with E-state index in [1.807, 2.05) is 31.2 Å². The first-order chi connectivity index (χ1) is 19.4. The van der Waals surface area contributed by atoms with Crippen LogP contribution in [-0.4, -0.2) is 63.1 Å². The van der Waals surface area contributed by atoms with E-state index >= 15 is 0 Å². The van der Waals surface area contributed by atoms with Gasteiger partial charge in [-0.25, -0.2) is 12.8 Å². The molecule has 220 valence electrons. The first-order valence-electron chi connectivity index (χ1n) is 13.7. The Kier molecular flexibility index (Phi) is 8.31. The predicted octanol–water partition coefficient (Wildman–Crippen LogP) is 6.40. The normalized spacial score (nSPS) is 22.5. The largest absolute Gasteiger partial charge is 0.417 e. The van der Waals surface area contributed by atoms with Crippen molar-refractivity contribution in [1.29, 1.82) is 0 Å². The van der Waals surface area contributed by atoms with E-state index in [1.165, 1.54) is 22.5 Å². The summed E-state index contributed by atoms with van der Waals surface area (Å²) in [6.45, 7) is 5.08. The van der Waals surface area contributed by atoms with Gasteiger partial charge in [0.15, 0.2) is 0 Å². The van der Waals surface area contributed by atoms with Crippen molar-refractivity contribution < 1.29 is 30.7 Å². The third kappa shape index (κ3) is 5.55. The molecular formula is C31H34F4N2O3S. The van der Waals surface area contributed by atoms with E-state index in [0.717, 1.165) is 47.4 Å². The van der Waals surface area contributed by atoms with Crippen LogP contribution in [0.3, 0.4) is 0 Å². The van der Waals surface area contributed by atoms with Crippen LogP contribution in [0.1, 0.15) is 41.0 Å². The minimum atomic E-state index is -4.79. The summed E-state index contributed by atoms with van der Waals surface area (Å²) in [7, 11) is -2.78. The molecule has 2 aliphatic rings. The van der Waals surface area contributed by atoms with Crippen molar-refractivity contribution in [1.82, 2.24) is 9.21 Å². The van der Waals surface area contributed by atoms with Crippen LogP contribution in [0.4, 0.5) is 17.6 Å². The van der Waals surface area contributed by atoms with E-state index in [4.69, 9.17) is 4.74 Å². The number of ether oxygens (including phenoxy) is 1. The highest BCUT2D eigenvalue weighted by atomic mass is 32.2. The van der Waals surface area contributed by atoms with E-state index in [-0.39, 0.29) is 36.9 Å². The molecule has 1 unspecified atom stereocenters. The second-order valence-electron chi connectivity index (χ2n) is 10.9. The number of benzene rings is 3. The van der Waals surface area contributed by atoms with Gasteiger partial charge in [-0.3, -0.25) is 4.90 Å². The van der Waals surface area contributed by atoms with Crippen molar-refractivity contribution in [3.8, 4) is 11.1 Å². The van der Waals surface area contributed by atoms with E-state index < -0.39 is 26.7 Å². The molecule has 0 bridgehead atoms. The van der Waals surface area contributed by atoms with Gasteiger partial charge in [-0.05, 0) is 79.3 Å². The minimum Gasteiger partial charge on any atom is -0.383 e. The van der Waals surface area contributed by atoms with Gasteiger partial charge in [-0.15, -0.1) is 0 Å². The third-order valence-corrected chi connectivity index (χ3v) is 10.5. The smallest absolute Gasteiger partial charge is 0.383 e. The van der Waals surface area contributed by atoms with Crippen LogP contribution >= 0.6 is 0 Å². The standard InChI is InChI=1S/C31H34F4N2O3S/c1-20-21(2)26(32)15-14-24(20)22-10-12-23(13-11-22)30-27-18-36(16-6-7-17-37(27)28(30)19-40-3)41(38,39)29-9-5-4-8-25(29)31(33,34)35/h4-5,8-15,27-28,30H,6-7,16-19H2,1-3H3/t27-,28?,30-/m0/s1. The van der Waals surface area contributed by atoms with Gasteiger partial charge in [0.1, 0.15) is 5.82 Å². The van der Waals surface area contributed by atoms with E-state index in [2.05, 4.69) is 4.90 Å². The maximum absolute atomic E-state index is 14.0. The SMILES string of the molecule is COCC1[C@@H](c2ccc(-c3ccc(F)c(C)c3C)cc2)[C@@H]2CN(S(=O)(=O)c3ccccc3C(F)(F)F)CCCCN12. The van der Waals surface area contributed by atoms with Gasteiger partial charge in [0.05, 0.1) is 17.1 Å². The van der Waals surface area contributed by atoms with Crippen molar-refractivity contribution in [2.24, 2.45) is 0 Å². The van der Waals surface area contributed by atoms with Crippen LogP contribution < -0.4 is 0 Å². The Hall–Kier alpha value is -2.79. The van der Waals surface area contributed by atoms with E-state index in [9.17, 15) is 26.0 Å². The molecule has 0 radical (unpaired) electrons. The summed E-state index contributed by atoms with van der Waals surface area (Å²) in [5, 5.41) is 0. The van der Waals surface area contributed by atoms with Gasteiger partial charge in [-0.1, -0.05) is 42.5 Å². The van der Waals surface area contributed by atoms with Crippen LogP contribution in [0.5, 0.6) is 0 Å². The van der Waals surface area contributed by atoms with Crippen molar-refractivity contribution >= 4 is 10.0 Å². The Balaban J connectivity index is 1.47. The van der Waals surface area contributed by atoms with Gasteiger partial charge in [-0.2, -0.15) is 17.5 Å².